The van der Waals surface area contributed by atoms with Crippen LogP contribution in [-0.4, -0.2) is 33.4 Å². The van der Waals surface area contributed by atoms with Gasteiger partial charge in [0.2, 0.25) is 0 Å². The Balaban J connectivity index is 1.61. The number of rotatable bonds is 1. The Bertz CT molecular complexity index is 1330. The van der Waals surface area contributed by atoms with Gasteiger partial charge in [-0.05, 0) is 82.2 Å². The average molecular weight is 521 g/mol. The number of fused-ring (bicyclic) bond motifs is 4. The summed E-state index contributed by atoms with van der Waals surface area (Å²) in [6, 6.07) is 14.4. The number of benzene rings is 2. The zero-order chi connectivity index (χ0) is 25.7. The molecule has 0 spiro atoms. The number of carbonyl (C=O) groups is 1. The van der Waals surface area contributed by atoms with E-state index in [0.29, 0.717) is 12.5 Å². The molecule has 2 N–H and O–H groups in total. The number of urea groups is 1. The highest BCUT2D eigenvalue weighted by Gasteiger charge is 2.35. The molecule has 1 saturated carbocycles. The molecule has 3 aliphatic rings. The second-order valence-electron chi connectivity index (χ2n) is 11.2. The minimum Gasteiger partial charge on any atom is -0.492 e. The zero-order valence-corrected chi connectivity index (χ0v) is 22.7. The standard InChI is InChI=1S/C29H36N4O3S/c1-18-20-16-32-24-15-21(30-28(34)33(37)31-29(2,3)36-18)13-14-22(24)26(19-9-5-4-6-10-19)27(32)23-11-7-8-12-25(23)35-17-20/h7-8,11-15,18-20,31,37H,4-6,9-10,16-17H2,1-3H3,(H,30,34)/t18?,20-/m1/s1. The van der Waals surface area contributed by atoms with E-state index >= 15 is 0 Å². The molecule has 2 aromatic carbocycles. The van der Waals surface area contributed by atoms with E-state index in [1.807, 2.05) is 26.0 Å². The number of hydrogen-bond donors (Lipinski definition) is 3. The Kier molecular flexibility index (Phi) is 6.37. The fourth-order valence-corrected chi connectivity index (χ4v) is 6.66. The summed E-state index contributed by atoms with van der Waals surface area (Å²) >= 11 is 4.38. The van der Waals surface area contributed by atoms with Gasteiger partial charge >= 0.3 is 6.03 Å². The van der Waals surface area contributed by atoms with Crippen molar-refractivity contribution in [3.63, 3.8) is 0 Å². The maximum Gasteiger partial charge on any atom is 0.346 e. The first-order chi connectivity index (χ1) is 17.8. The molecular weight excluding hydrogens is 484 g/mol. The number of nitrogens with zero attached hydrogens (tertiary/aromatic N) is 2. The predicted octanol–water partition coefficient (Wildman–Crippen LogP) is 6.70. The van der Waals surface area contributed by atoms with E-state index in [9.17, 15) is 4.79 Å². The summed E-state index contributed by atoms with van der Waals surface area (Å²) in [4.78, 5) is 13.0. The molecule has 4 bridgehead atoms. The van der Waals surface area contributed by atoms with Gasteiger partial charge < -0.3 is 19.4 Å². The maximum atomic E-state index is 13.0. The lowest BCUT2D eigenvalue weighted by Crippen LogP contribution is -2.54. The minimum atomic E-state index is -0.826. The molecule has 3 aromatic rings. The first-order valence-electron chi connectivity index (χ1n) is 13.4. The monoisotopic (exact) mass is 520 g/mol. The molecule has 6 rings (SSSR count). The van der Waals surface area contributed by atoms with E-state index < -0.39 is 5.72 Å². The fourth-order valence-electron chi connectivity index (χ4n) is 6.36. The lowest BCUT2D eigenvalue weighted by atomic mass is 9.81. The van der Waals surface area contributed by atoms with Crippen LogP contribution in [0.1, 0.15) is 64.4 Å². The normalized spacial score (nSPS) is 24.3. The third-order valence-corrected chi connectivity index (χ3v) is 8.37. The molecule has 37 heavy (non-hydrogen) atoms. The molecule has 1 unspecified atom stereocenters. The zero-order valence-electron chi connectivity index (χ0n) is 21.8. The third-order valence-electron chi connectivity index (χ3n) is 8.09. The van der Waals surface area contributed by atoms with Gasteiger partial charge in [-0.3, -0.25) is 0 Å². The van der Waals surface area contributed by atoms with Crippen molar-refractivity contribution in [1.82, 2.24) is 14.4 Å². The van der Waals surface area contributed by atoms with Crippen molar-refractivity contribution < 1.29 is 14.3 Å². The smallest absolute Gasteiger partial charge is 0.346 e. The molecule has 1 aromatic heterocycles. The van der Waals surface area contributed by atoms with Crippen LogP contribution in [0, 0.1) is 5.92 Å². The van der Waals surface area contributed by atoms with E-state index in [2.05, 4.69) is 65.4 Å². The second kappa shape index (κ2) is 9.57. The van der Waals surface area contributed by atoms with Crippen molar-refractivity contribution in [1.29, 1.82) is 0 Å². The molecular formula is C29H36N4O3S. The van der Waals surface area contributed by atoms with Gasteiger partial charge in [-0.2, -0.15) is 9.84 Å². The molecule has 1 fully saturated rings. The Morgan fingerprint density at radius 2 is 1.86 bits per heavy atom. The lowest BCUT2D eigenvalue weighted by molar-refractivity contribution is -0.126. The quantitative estimate of drug-likeness (QED) is 0.312. The molecule has 0 saturated heterocycles. The van der Waals surface area contributed by atoms with Gasteiger partial charge in [-0.1, -0.05) is 37.5 Å². The summed E-state index contributed by atoms with van der Waals surface area (Å²) in [5.74, 6) is 1.50. The molecule has 3 heterocycles. The number of amides is 2. The van der Waals surface area contributed by atoms with Crippen LogP contribution >= 0.6 is 12.8 Å². The SMILES string of the molecule is CC1OC(C)(C)NN(S)C(=O)Nc2ccc3c(C4CCCCC4)c4n(c3c2)C[C@@H]1COc1ccccc1-4. The van der Waals surface area contributed by atoms with E-state index in [0.717, 1.165) is 33.5 Å². The van der Waals surface area contributed by atoms with Crippen LogP contribution in [0.2, 0.25) is 0 Å². The first-order valence-corrected chi connectivity index (χ1v) is 13.8. The largest absolute Gasteiger partial charge is 0.492 e. The maximum absolute atomic E-state index is 13.0. The highest BCUT2D eigenvalue weighted by Crippen LogP contribution is 2.47. The number of ether oxygens (including phenoxy) is 2. The highest BCUT2D eigenvalue weighted by atomic mass is 32.1. The molecule has 8 heteroatoms. The molecule has 1 aliphatic carbocycles. The number of anilines is 1. The van der Waals surface area contributed by atoms with Crippen molar-refractivity contribution in [3.05, 3.63) is 48.0 Å². The van der Waals surface area contributed by atoms with Crippen LogP contribution in [-0.2, 0) is 11.3 Å². The number of thiol groups is 1. The van der Waals surface area contributed by atoms with Gasteiger partial charge in [0.15, 0.2) is 0 Å². The van der Waals surface area contributed by atoms with Gasteiger partial charge in [0.25, 0.3) is 0 Å². The summed E-state index contributed by atoms with van der Waals surface area (Å²) in [6.45, 7) is 7.19. The minimum absolute atomic E-state index is 0.0874. The van der Waals surface area contributed by atoms with Gasteiger partial charge in [0.05, 0.1) is 23.9 Å². The summed E-state index contributed by atoms with van der Waals surface area (Å²) in [5, 5.41) is 4.27. The molecule has 2 atom stereocenters. The van der Waals surface area contributed by atoms with Crippen LogP contribution in [0.4, 0.5) is 10.5 Å². The number of hydrogen-bond acceptors (Lipinski definition) is 5. The van der Waals surface area contributed by atoms with Crippen LogP contribution in [0.3, 0.4) is 0 Å². The van der Waals surface area contributed by atoms with Gasteiger partial charge in [-0.15, -0.1) is 0 Å². The van der Waals surface area contributed by atoms with Gasteiger partial charge in [-0.25, -0.2) is 4.79 Å². The van der Waals surface area contributed by atoms with E-state index in [-0.39, 0.29) is 18.1 Å². The van der Waals surface area contributed by atoms with Crippen LogP contribution in [0.5, 0.6) is 5.75 Å². The van der Waals surface area contributed by atoms with Crippen LogP contribution in [0.25, 0.3) is 22.2 Å². The molecule has 2 amide bonds. The summed E-state index contributed by atoms with van der Waals surface area (Å²) in [7, 11) is 0. The molecule has 2 aliphatic heterocycles. The van der Waals surface area contributed by atoms with Crippen LogP contribution < -0.4 is 15.5 Å². The van der Waals surface area contributed by atoms with E-state index in [1.165, 1.54) is 48.7 Å². The average Bonchev–Trinajstić information content (AvgIpc) is 3.17. The summed E-state index contributed by atoms with van der Waals surface area (Å²) in [5.41, 5.74) is 7.93. The van der Waals surface area contributed by atoms with E-state index in [1.54, 1.807) is 0 Å². The topological polar surface area (TPSA) is 67.8 Å². The number of aromatic nitrogens is 1. The highest BCUT2D eigenvalue weighted by molar-refractivity contribution is 7.78. The number of carbonyl (C=O) groups excluding carboxylic acids is 1. The fraction of sp³-hybridized carbons (Fsp3) is 0.483. The van der Waals surface area contributed by atoms with Gasteiger partial charge in [0, 0.05) is 29.1 Å². The number of nitrogens with one attached hydrogen (secondary N) is 2. The Morgan fingerprint density at radius 3 is 2.68 bits per heavy atom. The Hall–Kier alpha value is -2.68. The Morgan fingerprint density at radius 1 is 1.08 bits per heavy atom. The summed E-state index contributed by atoms with van der Waals surface area (Å²) in [6.07, 6.45) is 6.08. The molecule has 196 valence electrons. The Labute approximate surface area is 224 Å². The van der Waals surface area contributed by atoms with Gasteiger partial charge in [0.1, 0.15) is 11.5 Å². The first kappa shape index (κ1) is 24.6. The van der Waals surface area contributed by atoms with Crippen LogP contribution in [0.15, 0.2) is 42.5 Å². The van der Waals surface area contributed by atoms with Crippen molar-refractivity contribution in [2.24, 2.45) is 5.92 Å². The number of hydrazine groups is 1. The predicted molar refractivity (Wildman–Crippen MR) is 150 cm³/mol. The van der Waals surface area contributed by atoms with Crippen molar-refractivity contribution >= 4 is 35.4 Å². The second-order valence-corrected chi connectivity index (χ2v) is 11.6. The lowest BCUT2D eigenvalue weighted by Gasteiger charge is -2.37. The van der Waals surface area contributed by atoms with Crippen molar-refractivity contribution in [3.8, 4) is 17.0 Å². The van der Waals surface area contributed by atoms with Crippen molar-refractivity contribution in [2.45, 2.75) is 77.2 Å². The van der Waals surface area contributed by atoms with E-state index in [4.69, 9.17) is 9.47 Å². The number of para-hydroxylation sites is 1. The summed E-state index contributed by atoms with van der Waals surface area (Å²) < 4.78 is 16.6. The molecule has 7 nitrogen and oxygen atoms in total. The third kappa shape index (κ3) is 4.60. The molecule has 0 radical (unpaired) electrons. The van der Waals surface area contributed by atoms with Crippen molar-refractivity contribution in [2.75, 3.05) is 11.9 Å².